The molecule has 25 heavy (non-hydrogen) atoms. The van der Waals surface area contributed by atoms with Crippen molar-refractivity contribution in [2.75, 3.05) is 19.8 Å². The van der Waals surface area contributed by atoms with E-state index >= 15 is 0 Å². The Bertz CT molecular complexity index is 788. The van der Waals surface area contributed by atoms with Crippen LogP contribution in [-0.2, 0) is 20.8 Å². The fraction of sp³-hybridized carbons (Fsp3) is 0.300. The van der Waals surface area contributed by atoms with Crippen molar-refractivity contribution in [1.29, 1.82) is 5.26 Å². The minimum Gasteiger partial charge on any atom is -0.462 e. The summed E-state index contributed by atoms with van der Waals surface area (Å²) < 4.78 is 15.7. The summed E-state index contributed by atoms with van der Waals surface area (Å²) in [5.41, 5.74) is 3.89. The van der Waals surface area contributed by atoms with E-state index < -0.39 is 0 Å². The first kappa shape index (κ1) is 17.2. The number of benzene rings is 2. The molecule has 0 unspecified atom stereocenters. The number of hydrogen-bond donors (Lipinski definition) is 0. The molecule has 1 heterocycles. The molecule has 2 aromatic rings. The van der Waals surface area contributed by atoms with E-state index in [1.54, 1.807) is 25.1 Å². The van der Waals surface area contributed by atoms with Gasteiger partial charge in [0.25, 0.3) is 0 Å². The van der Waals surface area contributed by atoms with Crippen molar-refractivity contribution in [3.8, 4) is 17.2 Å². The first-order valence-corrected chi connectivity index (χ1v) is 8.21. The maximum atomic E-state index is 11.7. The number of nitriles is 1. The number of carbonyl (C=O) groups excluding carboxylic acids is 1. The highest BCUT2D eigenvalue weighted by molar-refractivity contribution is 5.90. The van der Waals surface area contributed by atoms with Crippen LogP contribution in [-0.4, -0.2) is 31.9 Å². The molecule has 2 aromatic carbocycles. The minimum atomic E-state index is -0.328. The Balaban J connectivity index is 1.76. The third-order valence-corrected chi connectivity index (χ3v) is 3.92. The average molecular weight is 337 g/mol. The Kier molecular flexibility index (Phi) is 5.44. The molecule has 0 spiro atoms. The molecule has 0 N–H and O–H groups in total. The average Bonchev–Trinajstić information content (AvgIpc) is 3.46. The maximum Gasteiger partial charge on any atom is 0.338 e. The second kappa shape index (κ2) is 7.93. The highest BCUT2D eigenvalue weighted by Gasteiger charge is 2.22. The summed E-state index contributed by atoms with van der Waals surface area (Å²) in [6.45, 7) is 3.80. The second-order valence-electron chi connectivity index (χ2n) is 5.75. The van der Waals surface area contributed by atoms with Crippen LogP contribution in [0.15, 0.2) is 42.5 Å². The summed E-state index contributed by atoms with van der Waals surface area (Å²) >= 11 is 0. The van der Waals surface area contributed by atoms with E-state index in [9.17, 15) is 10.1 Å². The Hall–Kier alpha value is -2.68. The van der Waals surface area contributed by atoms with Gasteiger partial charge < -0.3 is 14.2 Å². The van der Waals surface area contributed by atoms with Crippen molar-refractivity contribution in [2.45, 2.75) is 19.6 Å². The molecule has 3 rings (SSSR count). The molecule has 1 fully saturated rings. The monoisotopic (exact) mass is 337 g/mol. The lowest BCUT2D eigenvalue weighted by atomic mass is 9.99. The van der Waals surface area contributed by atoms with Gasteiger partial charge in [0.05, 0.1) is 43.6 Å². The number of carbonyl (C=O) groups is 1. The van der Waals surface area contributed by atoms with Crippen LogP contribution in [0.25, 0.3) is 11.1 Å². The van der Waals surface area contributed by atoms with Crippen LogP contribution in [0.2, 0.25) is 0 Å². The summed E-state index contributed by atoms with van der Waals surface area (Å²) in [6.07, 6.45) is 0.198. The molecule has 5 nitrogen and oxygen atoms in total. The predicted octanol–water partition coefficient (Wildman–Crippen LogP) is 3.32. The van der Waals surface area contributed by atoms with Crippen molar-refractivity contribution >= 4 is 5.97 Å². The molecule has 0 amide bonds. The van der Waals surface area contributed by atoms with Crippen LogP contribution in [0.5, 0.6) is 0 Å². The van der Waals surface area contributed by atoms with Crippen LogP contribution in [0.1, 0.15) is 28.4 Å². The van der Waals surface area contributed by atoms with Gasteiger partial charge in [-0.15, -0.1) is 0 Å². The third-order valence-electron chi connectivity index (χ3n) is 3.92. The molecule has 1 aliphatic rings. The van der Waals surface area contributed by atoms with E-state index in [0.717, 1.165) is 23.3 Å². The Morgan fingerprint density at radius 2 is 1.96 bits per heavy atom. The Morgan fingerprint density at radius 1 is 1.24 bits per heavy atom. The van der Waals surface area contributed by atoms with Gasteiger partial charge in [-0.05, 0) is 47.9 Å². The van der Waals surface area contributed by atoms with Crippen LogP contribution in [0.4, 0.5) is 0 Å². The van der Waals surface area contributed by atoms with E-state index in [0.29, 0.717) is 30.9 Å². The highest BCUT2D eigenvalue weighted by atomic mass is 16.6. The molecule has 1 atom stereocenters. The maximum absolute atomic E-state index is 11.7. The first-order chi connectivity index (χ1) is 12.2. The lowest BCUT2D eigenvalue weighted by molar-refractivity contribution is 0.0526. The number of epoxide rings is 1. The number of ether oxygens (including phenoxy) is 3. The van der Waals surface area contributed by atoms with Crippen LogP contribution in [0, 0.1) is 11.3 Å². The molecule has 0 radical (unpaired) electrons. The van der Waals surface area contributed by atoms with Crippen LogP contribution in [0.3, 0.4) is 0 Å². The summed E-state index contributed by atoms with van der Waals surface area (Å²) in [5.74, 6) is -0.328. The first-order valence-electron chi connectivity index (χ1n) is 8.21. The predicted molar refractivity (Wildman–Crippen MR) is 91.9 cm³/mol. The summed E-state index contributed by atoms with van der Waals surface area (Å²) in [6, 6.07) is 15.1. The van der Waals surface area contributed by atoms with Gasteiger partial charge in [0, 0.05) is 0 Å². The number of esters is 1. The molecule has 0 bridgehead atoms. The number of nitrogens with zero attached hydrogens (tertiary/aromatic N) is 1. The van der Waals surface area contributed by atoms with Crippen LogP contribution >= 0.6 is 0 Å². The SMILES string of the molecule is CCOC(=O)c1ccc(-c2ccc(C#N)c(COC[C@H]3CO3)c2)cc1. The summed E-state index contributed by atoms with van der Waals surface area (Å²) in [7, 11) is 0. The molecule has 1 saturated heterocycles. The van der Waals surface area contributed by atoms with Crippen molar-refractivity contribution in [2.24, 2.45) is 0 Å². The zero-order valence-electron chi connectivity index (χ0n) is 14.0. The smallest absolute Gasteiger partial charge is 0.338 e. The van der Waals surface area contributed by atoms with Crippen LogP contribution < -0.4 is 0 Å². The molecular formula is C20H19NO4. The molecular weight excluding hydrogens is 318 g/mol. The van der Waals surface area contributed by atoms with Gasteiger partial charge in [0.1, 0.15) is 6.10 Å². The van der Waals surface area contributed by atoms with Gasteiger partial charge in [-0.3, -0.25) is 0 Å². The minimum absolute atomic E-state index is 0.198. The quantitative estimate of drug-likeness (QED) is 0.572. The molecule has 0 saturated carbocycles. The Labute approximate surface area is 146 Å². The fourth-order valence-electron chi connectivity index (χ4n) is 2.48. The zero-order valence-corrected chi connectivity index (χ0v) is 14.0. The summed E-state index contributed by atoms with van der Waals surface area (Å²) in [4.78, 5) is 11.7. The van der Waals surface area contributed by atoms with Crippen molar-refractivity contribution in [3.63, 3.8) is 0 Å². The molecule has 128 valence electrons. The van der Waals surface area contributed by atoms with Crippen molar-refractivity contribution in [1.82, 2.24) is 0 Å². The molecule has 0 aromatic heterocycles. The number of rotatable bonds is 7. The van der Waals surface area contributed by atoms with Gasteiger partial charge >= 0.3 is 5.97 Å². The van der Waals surface area contributed by atoms with Crippen molar-refractivity contribution < 1.29 is 19.0 Å². The largest absolute Gasteiger partial charge is 0.462 e. The van der Waals surface area contributed by atoms with Crippen molar-refractivity contribution in [3.05, 3.63) is 59.2 Å². The van der Waals surface area contributed by atoms with Gasteiger partial charge in [0.15, 0.2) is 0 Å². The molecule has 1 aliphatic heterocycles. The lowest BCUT2D eigenvalue weighted by Crippen LogP contribution is -2.04. The normalized spacial score (nSPS) is 15.4. The fourth-order valence-corrected chi connectivity index (χ4v) is 2.48. The van der Waals surface area contributed by atoms with E-state index in [1.807, 2.05) is 24.3 Å². The topological polar surface area (TPSA) is 71.9 Å². The van der Waals surface area contributed by atoms with Gasteiger partial charge in [0.2, 0.25) is 0 Å². The third kappa shape index (κ3) is 4.44. The van der Waals surface area contributed by atoms with Gasteiger partial charge in [-0.2, -0.15) is 5.26 Å². The van der Waals surface area contributed by atoms with E-state index in [-0.39, 0.29) is 12.1 Å². The van der Waals surface area contributed by atoms with E-state index in [2.05, 4.69) is 6.07 Å². The Morgan fingerprint density at radius 3 is 2.60 bits per heavy atom. The van der Waals surface area contributed by atoms with Gasteiger partial charge in [-0.1, -0.05) is 18.2 Å². The molecule has 0 aliphatic carbocycles. The second-order valence-corrected chi connectivity index (χ2v) is 5.75. The van der Waals surface area contributed by atoms with E-state index in [4.69, 9.17) is 14.2 Å². The van der Waals surface area contributed by atoms with E-state index in [1.165, 1.54) is 0 Å². The molecule has 5 heteroatoms. The lowest BCUT2D eigenvalue weighted by Gasteiger charge is -2.09. The number of hydrogen-bond acceptors (Lipinski definition) is 5. The van der Waals surface area contributed by atoms with Gasteiger partial charge in [-0.25, -0.2) is 4.79 Å². The highest BCUT2D eigenvalue weighted by Crippen LogP contribution is 2.24. The summed E-state index contributed by atoms with van der Waals surface area (Å²) in [5, 5.41) is 9.27. The standard InChI is InChI=1S/C20H19NO4/c1-2-24-20(22)15-5-3-14(4-6-15)16-7-8-17(10-21)18(9-16)11-23-12-19-13-25-19/h3-9,19H,2,11-13H2,1H3/t19-/m0/s1. The zero-order chi connectivity index (χ0) is 17.6.